The molecule has 0 saturated carbocycles. The highest BCUT2D eigenvalue weighted by molar-refractivity contribution is 4.52. The van der Waals surface area contributed by atoms with E-state index in [-0.39, 0.29) is 34.9 Å². The average molecular weight is 228 g/mol. The number of nitrogens with two attached hydrogens (primary N) is 1. The SMILES string of the molecule is C.C.C.CC.CCC(N)COO.CNC. The van der Waals surface area contributed by atoms with E-state index in [9.17, 15) is 0 Å². The molecule has 0 fully saturated rings. The first kappa shape index (κ1) is 36.4. The summed E-state index contributed by atoms with van der Waals surface area (Å²) in [4.78, 5) is 3.77. The zero-order chi connectivity index (χ0) is 10.4. The molecule has 4 heteroatoms. The van der Waals surface area contributed by atoms with Crippen LogP contribution in [0.1, 0.15) is 49.5 Å². The molecule has 0 bridgehead atoms. The molecule has 15 heavy (non-hydrogen) atoms. The van der Waals surface area contributed by atoms with Gasteiger partial charge in [0, 0.05) is 6.04 Å². The van der Waals surface area contributed by atoms with Crippen molar-refractivity contribution in [1.29, 1.82) is 0 Å². The van der Waals surface area contributed by atoms with Gasteiger partial charge < -0.3 is 11.1 Å². The molecule has 0 heterocycles. The lowest BCUT2D eigenvalue weighted by Gasteiger charge is -2.02. The molecule has 1 unspecified atom stereocenters. The Morgan fingerprint density at radius 3 is 1.53 bits per heavy atom. The lowest BCUT2D eigenvalue weighted by atomic mass is 10.3. The Morgan fingerprint density at radius 1 is 1.20 bits per heavy atom. The van der Waals surface area contributed by atoms with Crippen molar-refractivity contribution < 1.29 is 10.1 Å². The third-order valence-corrected chi connectivity index (χ3v) is 0.813. The van der Waals surface area contributed by atoms with Crippen LogP contribution in [0.15, 0.2) is 0 Å². The van der Waals surface area contributed by atoms with Crippen LogP contribution in [0.5, 0.6) is 0 Å². The monoisotopic (exact) mass is 228 g/mol. The van der Waals surface area contributed by atoms with Gasteiger partial charge in [0.15, 0.2) is 0 Å². The summed E-state index contributed by atoms with van der Waals surface area (Å²) in [5.41, 5.74) is 5.30. The fourth-order valence-electron chi connectivity index (χ4n) is 0.214. The van der Waals surface area contributed by atoms with Crippen molar-refractivity contribution >= 4 is 0 Å². The van der Waals surface area contributed by atoms with Gasteiger partial charge >= 0.3 is 0 Å². The Bertz CT molecular complexity index is 55.9. The van der Waals surface area contributed by atoms with E-state index >= 15 is 0 Å². The smallest absolute Gasteiger partial charge is 0.0970 e. The Balaban J connectivity index is -0.0000000224. The Hall–Kier alpha value is -0.160. The molecule has 0 saturated heterocycles. The van der Waals surface area contributed by atoms with E-state index in [2.05, 4.69) is 10.2 Å². The number of rotatable bonds is 3. The van der Waals surface area contributed by atoms with Gasteiger partial charge in [-0.15, -0.1) is 0 Å². The van der Waals surface area contributed by atoms with E-state index in [4.69, 9.17) is 11.0 Å². The summed E-state index contributed by atoms with van der Waals surface area (Å²) in [5.74, 6) is 0. The zero-order valence-corrected chi connectivity index (χ0v) is 8.92. The molecular weight excluding hydrogens is 192 g/mol. The fourth-order valence-corrected chi connectivity index (χ4v) is 0.214. The van der Waals surface area contributed by atoms with E-state index in [1.807, 2.05) is 34.9 Å². The number of hydrogen-bond acceptors (Lipinski definition) is 4. The normalized spacial score (nSPS) is 8.20. The van der Waals surface area contributed by atoms with Gasteiger partial charge in [-0.05, 0) is 20.5 Å². The molecule has 4 N–H and O–H groups in total. The summed E-state index contributed by atoms with van der Waals surface area (Å²) in [6, 6.07) is -0.0231. The highest BCUT2D eigenvalue weighted by atomic mass is 17.1. The molecule has 4 nitrogen and oxygen atoms in total. The zero-order valence-electron chi connectivity index (χ0n) is 8.92. The first-order chi connectivity index (χ1) is 5.72. The van der Waals surface area contributed by atoms with Crippen molar-refractivity contribution in [3.05, 3.63) is 0 Å². The third-order valence-electron chi connectivity index (χ3n) is 0.813. The van der Waals surface area contributed by atoms with Crippen LogP contribution in [-0.4, -0.2) is 32.0 Å². The van der Waals surface area contributed by atoms with Gasteiger partial charge in [-0.2, -0.15) is 0 Å². The molecule has 0 rings (SSSR count). The van der Waals surface area contributed by atoms with E-state index in [1.165, 1.54) is 0 Å². The van der Waals surface area contributed by atoms with Gasteiger partial charge in [-0.25, -0.2) is 4.89 Å². The van der Waals surface area contributed by atoms with Crippen molar-refractivity contribution in [3.8, 4) is 0 Å². The predicted octanol–water partition coefficient (Wildman–Crippen LogP) is 2.98. The van der Waals surface area contributed by atoms with Gasteiger partial charge in [-0.3, -0.25) is 5.26 Å². The van der Waals surface area contributed by atoms with Crippen LogP contribution in [0.3, 0.4) is 0 Å². The average Bonchev–Trinajstić information content (AvgIpc) is 2.10. The Kier molecular flexibility index (Phi) is 118. The lowest BCUT2D eigenvalue weighted by molar-refractivity contribution is -0.245. The minimum Gasteiger partial charge on any atom is -0.326 e. The molecule has 0 aliphatic carbocycles. The van der Waals surface area contributed by atoms with E-state index < -0.39 is 0 Å². The standard InChI is InChI=1S/C4H11NO2.C2H7N.C2H6.3CH4/c1-2-4(5)3-7-6;1-3-2;1-2;;;/h4,6H,2-3,5H2,1H3;3H,1-2H3;1-2H3;3*1H4. The second kappa shape index (κ2) is 48.8. The quantitative estimate of drug-likeness (QED) is 0.513. The number of hydrogen-bond donors (Lipinski definition) is 3. The molecule has 0 aromatic rings. The van der Waals surface area contributed by atoms with Crippen molar-refractivity contribution in [1.82, 2.24) is 5.32 Å². The van der Waals surface area contributed by atoms with Crippen molar-refractivity contribution in [2.45, 2.75) is 55.5 Å². The molecule has 102 valence electrons. The highest BCUT2D eigenvalue weighted by Gasteiger charge is 1.94. The van der Waals surface area contributed by atoms with E-state index in [0.717, 1.165) is 6.42 Å². The maximum atomic E-state index is 7.79. The third kappa shape index (κ3) is 82.8. The first-order valence-electron chi connectivity index (χ1n) is 4.33. The Morgan fingerprint density at radius 2 is 1.47 bits per heavy atom. The van der Waals surface area contributed by atoms with Gasteiger partial charge in [-0.1, -0.05) is 43.1 Å². The molecule has 0 aliphatic rings. The van der Waals surface area contributed by atoms with Crippen LogP contribution in [-0.2, 0) is 4.89 Å². The largest absolute Gasteiger partial charge is 0.326 e. The van der Waals surface area contributed by atoms with Gasteiger partial charge in [0.1, 0.15) is 0 Å². The van der Waals surface area contributed by atoms with Crippen LogP contribution < -0.4 is 11.1 Å². The maximum Gasteiger partial charge on any atom is 0.0970 e. The molecular formula is C11H36N2O2. The minimum atomic E-state index is -0.0231. The lowest BCUT2D eigenvalue weighted by Crippen LogP contribution is -2.24. The number of nitrogens with one attached hydrogen (secondary N) is 1. The fraction of sp³-hybridized carbons (Fsp3) is 1.00. The second-order valence-corrected chi connectivity index (χ2v) is 1.96. The molecule has 0 radical (unpaired) electrons. The summed E-state index contributed by atoms with van der Waals surface area (Å²) in [6.45, 7) is 6.17. The van der Waals surface area contributed by atoms with Crippen LogP contribution in [0.25, 0.3) is 0 Å². The molecule has 0 amide bonds. The minimum absolute atomic E-state index is 0. The topological polar surface area (TPSA) is 67.5 Å². The maximum absolute atomic E-state index is 7.79. The van der Waals surface area contributed by atoms with Crippen LogP contribution in [0.2, 0.25) is 0 Å². The molecule has 0 aromatic carbocycles. The Labute approximate surface area is 98.1 Å². The summed E-state index contributed by atoms with van der Waals surface area (Å²) in [7, 11) is 3.75. The highest BCUT2D eigenvalue weighted by Crippen LogP contribution is 1.83. The summed E-state index contributed by atoms with van der Waals surface area (Å²) in [5, 5.41) is 10.5. The molecule has 0 aromatic heterocycles. The van der Waals surface area contributed by atoms with Gasteiger partial charge in [0.2, 0.25) is 0 Å². The van der Waals surface area contributed by atoms with Gasteiger partial charge in [0.05, 0.1) is 6.61 Å². The van der Waals surface area contributed by atoms with Crippen LogP contribution >= 0.6 is 0 Å². The van der Waals surface area contributed by atoms with E-state index in [0.29, 0.717) is 0 Å². The van der Waals surface area contributed by atoms with Gasteiger partial charge in [0.25, 0.3) is 0 Å². The second-order valence-electron chi connectivity index (χ2n) is 1.96. The van der Waals surface area contributed by atoms with Crippen LogP contribution in [0, 0.1) is 0 Å². The molecule has 1 atom stereocenters. The summed E-state index contributed by atoms with van der Waals surface area (Å²) in [6.07, 6.45) is 0.834. The van der Waals surface area contributed by atoms with Crippen molar-refractivity contribution in [3.63, 3.8) is 0 Å². The summed E-state index contributed by atoms with van der Waals surface area (Å²) < 4.78 is 0. The summed E-state index contributed by atoms with van der Waals surface area (Å²) >= 11 is 0. The molecule has 0 spiro atoms. The first-order valence-corrected chi connectivity index (χ1v) is 4.33. The predicted molar refractivity (Wildman–Crippen MR) is 73.4 cm³/mol. The van der Waals surface area contributed by atoms with Crippen molar-refractivity contribution in [2.24, 2.45) is 5.73 Å². The van der Waals surface area contributed by atoms with E-state index in [1.54, 1.807) is 0 Å². The molecule has 0 aliphatic heterocycles. The van der Waals surface area contributed by atoms with Crippen molar-refractivity contribution in [2.75, 3.05) is 20.7 Å². The van der Waals surface area contributed by atoms with Crippen LogP contribution in [0.4, 0.5) is 0 Å².